The minimum atomic E-state index is -0.663. The molecule has 1 unspecified atom stereocenters. The molecule has 1 aliphatic rings. The van der Waals surface area contributed by atoms with E-state index in [9.17, 15) is 14.7 Å². The summed E-state index contributed by atoms with van der Waals surface area (Å²) in [6, 6.07) is 12.3. The van der Waals surface area contributed by atoms with Crippen molar-refractivity contribution >= 4 is 33.4 Å². The molecule has 0 radical (unpaired) electrons. The highest BCUT2D eigenvalue weighted by atomic mass is 79.9. The van der Waals surface area contributed by atoms with Crippen LogP contribution < -0.4 is 4.74 Å². The molecule has 1 atom stereocenters. The van der Waals surface area contributed by atoms with Crippen molar-refractivity contribution in [1.29, 1.82) is 0 Å². The third-order valence-corrected chi connectivity index (χ3v) is 6.29. The van der Waals surface area contributed by atoms with E-state index < -0.39 is 17.7 Å². The fourth-order valence-corrected chi connectivity index (χ4v) is 4.46. The summed E-state index contributed by atoms with van der Waals surface area (Å²) in [6.45, 7) is 3.28. The molecule has 1 heterocycles. The van der Waals surface area contributed by atoms with Gasteiger partial charge in [-0.05, 0) is 78.7 Å². The maximum absolute atomic E-state index is 13.1. The first-order chi connectivity index (χ1) is 15.3. The van der Waals surface area contributed by atoms with Gasteiger partial charge in [-0.25, -0.2) is 0 Å². The molecule has 1 fully saturated rings. The number of aryl methyl sites for hydroxylation is 1. The molecule has 0 aromatic heterocycles. The zero-order valence-electron chi connectivity index (χ0n) is 18.9. The lowest BCUT2D eigenvalue weighted by Crippen LogP contribution is -2.32. The van der Waals surface area contributed by atoms with Gasteiger partial charge in [0.2, 0.25) is 0 Å². The number of carbonyl (C=O) groups excluding carboxylic acids is 2. The molecule has 1 saturated heterocycles. The lowest BCUT2D eigenvalue weighted by Gasteiger charge is -2.26. The number of likely N-dealkylation sites (tertiary alicyclic amines) is 1. The summed E-state index contributed by atoms with van der Waals surface area (Å²) in [5.41, 5.74) is 2.53. The molecule has 0 saturated carbocycles. The molecule has 32 heavy (non-hydrogen) atoms. The zero-order valence-corrected chi connectivity index (χ0v) is 20.5. The van der Waals surface area contributed by atoms with Crippen LogP contribution in [0.15, 0.2) is 52.5 Å². The molecule has 1 amide bonds. The van der Waals surface area contributed by atoms with Gasteiger partial charge in [0.1, 0.15) is 11.5 Å². The number of aliphatic hydroxyl groups excluding tert-OH is 1. The summed E-state index contributed by atoms with van der Waals surface area (Å²) < 4.78 is 5.90. The molecule has 1 N–H and O–H groups in total. The summed E-state index contributed by atoms with van der Waals surface area (Å²) in [5, 5.41) is 11.2. The SMILES string of the molecule is CCc1ccc(C2/C(=C(/O)c3ccc(OC)c(Br)c3)C(=O)C(=O)N2CCCN(C)C)cc1. The van der Waals surface area contributed by atoms with E-state index in [1.54, 1.807) is 30.2 Å². The number of aliphatic hydroxyl groups is 1. The highest BCUT2D eigenvalue weighted by molar-refractivity contribution is 9.10. The second-order valence-electron chi connectivity index (χ2n) is 8.09. The molecule has 2 aromatic carbocycles. The normalized spacial score (nSPS) is 17.9. The summed E-state index contributed by atoms with van der Waals surface area (Å²) >= 11 is 3.42. The Bertz CT molecular complexity index is 1030. The monoisotopic (exact) mass is 500 g/mol. The fourth-order valence-electron chi connectivity index (χ4n) is 3.92. The molecule has 0 aliphatic carbocycles. The van der Waals surface area contributed by atoms with Gasteiger partial charge in [-0.1, -0.05) is 31.2 Å². The van der Waals surface area contributed by atoms with Gasteiger partial charge in [0.25, 0.3) is 11.7 Å². The van der Waals surface area contributed by atoms with E-state index in [0.29, 0.717) is 22.3 Å². The predicted molar refractivity (Wildman–Crippen MR) is 129 cm³/mol. The van der Waals surface area contributed by atoms with Crippen LogP contribution in [0.4, 0.5) is 0 Å². The first-order valence-corrected chi connectivity index (χ1v) is 11.4. The van der Waals surface area contributed by atoms with Crippen LogP contribution in [0.3, 0.4) is 0 Å². The van der Waals surface area contributed by atoms with Gasteiger partial charge in [0.05, 0.1) is 23.2 Å². The van der Waals surface area contributed by atoms with Crippen LogP contribution in [0, 0.1) is 0 Å². The standard InChI is InChI=1S/C25H29BrN2O4/c1-5-16-7-9-17(10-8-16)22-21(23(29)18-11-12-20(32-4)19(26)15-18)24(30)25(31)28(22)14-6-13-27(2)3/h7-12,15,22,29H,5-6,13-14H2,1-4H3/b23-21-. The van der Waals surface area contributed by atoms with Crippen LogP contribution in [0.2, 0.25) is 0 Å². The minimum absolute atomic E-state index is 0.112. The average molecular weight is 501 g/mol. The Morgan fingerprint density at radius 2 is 1.84 bits per heavy atom. The lowest BCUT2D eigenvalue weighted by atomic mass is 9.94. The van der Waals surface area contributed by atoms with Crippen LogP contribution in [-0.2, 0) is 16.0 Å². The third kappa shape index (κ3) is 4.89. The van der Waals surface area contributed by atoms with E-state index in [1.807, 2.05) is 43.3 Å². The first kappa shape index (κ1) is 24.0. The van der Waals surface area contributed by atoms with Crippen LogP contribution >= 0.6 is 15.9 Å². The Balaban J connectivity index is 2.10. The molecule has 1 aliphatic heterocycles. The number of halogens is 1. The topological polar surface area (TPSA) is 70.1 Å². The Labute approximate surface area is 197 Å². The van der Waals surface area contributed by atoms with Gasteiger partial charge in [-0.2, -0.15) is 0 Å². The number of ketones is 1. The van der Waals surface area contributed by atoms with E-state index in [1.165, 1.54) is 0 Å². The molecule has 3 rings (SSSR count). The molecule has 0 spiro atoms. The van der Waals surface area contributed by atoms with E-state index >= 15 is 0 Å². The van der Waals surface area contributed by atoms with E-state index in [2.05, 4.69) is 22.9 Å². The van der Waals surface area contributed by atoms with Gasteiger partial charge in [0.15, 0.2) is 0 Å². The molecule has 7 heteroatoms. The molecule has 0 bridgehead atoms. The van der Waals surface area contributed by atoms with Crippen molar-refractivity contribution < 1.29 is 19.4 Å². The number of methoxy groups -OCH3 is 1. The number of benzene rings is 2. The molecule has 170 valence electrons. The highest BCUT2D eigenvalue weighted by Crippen LogP contribution is 2.40. The number of carbonyl (C=O) groups is 2. The van der Waals surface area contributed by atoms with Crippen LogP contribution in [0.5, 0.6) is 5.75 Å². The number of amides is 1. The van der Waals surface area contributed by atoms with Crippen molar-refractivity contribution in [3.8, 4) is 5.75 Å². The predicted octanol–water partition coefficient (Wildman–Crippen LogP) is 4.39. The minimum Gasteiger partial charge on any atom is -0.507 e. The zero-order chi connectivity index (χ0) is 23.4. The molecular formula is C25H29BrN2O4. The van der Waals surface area contributed by atoms with Gasteiger partial charge >= 0.3 is 0 Å². The average Bonchev–Trinajstić information content (AvgIpc) is 3.03. The quantitative estimate of drug-likeness (QED) is 0.330. The largest absolute Gasteiger partial charge is 0.507 e. The number of ether oxygens (including phenoxy) is 1. The smallest absolute Gasteiger partial charge is 0.295 e. The van der Waals surface area contributed by atoms with Crippen LogP contribution in [0.1, 0.15) is 36.1 Å². The Morgan fingerprint density at radius 3 is 2.41 bits per heavy atom. The Kier molecular flexibility index (Phi) is 7.74. The second-order valence-corrected chi connectivity index (χ2v) is 8.95. The number of Topliss-reactive ketones (excluding diaryl/α,β-unsaturated/α-hetero) is 1. The van der Waals surface area contributed by atoms with Gasteiger partial charge in [0, 0.05) is 12.1 Å². The van der Waals surface area contributed by atoms with E-state index in [-0.39, 0.29) is 11.3 Å². The van der Waals surface area contributed by atoms with E-state index in [0.717, 1.165) is 30.5 Å². The number of hydrogen-bond acceptors (Lipinski definition) is 5. The van der Waals surface area contributed by atoms with Gasteiger partial charge in [-0.3, -0.25) is 9.59 Å². The highest BCUT2D eigenvalue weighted by Gasteiger charge is 2.45. The van der Waals surface area contributed by atoms with Crippen molar-refractivity contribution in [3.63, 3.8) is 0 Å². The first-order valence-electron chi connectivity index (χ1n) is 10.6. The molecular weight excluding hydrogens is 472 g/mol. The van der Waals surface area contributed by atoms with Crippen molar-refractivity contribution in [3.05, 3.63) is 69.2 Å². The third-order valence-electron chi connectivity index (χ3n) is 5.67. The molecule has 6 nitrogen and oxygen atoms in total. The summed E-state index contributed by atoms with van der Waals surface area (Å²) in [6.07, 6.45) is 1.61. The van der Waals surface area contributed by atoms with Crippen molar-refractivity contribution in [2.75, 3.05) is 34.3 Å². The molecule has 2 aromatic rings. The van der Waals surface area contributed by atoms with Crippen molar-refractivity contribution in [2.45, 2.75) is 25.8 Å². The van der Waals surface area contributed by atoms with Crippen LogP contribution in [0.25, 0.3) is 5.76 Å². The Morgan fingerprint density at radius 1 is 1.16 bits per heavy atom. The summed E-state index contributed by atoms with van der Waals surface area (Å²) in [7, 11) is 5.49. The maximum atomic E-state index is 13.1. The maximum Gasteiger partial charge on any atom is 0.295 e. The van der Waals surface area contributed by atoms with Crippen molar-refractivity contribution in [2.24, 2.45) is 0 Å². The lowest BCUT2D eigenvalue weighted by molar-refractivity contribution is -0.139. The number of nitrogens with zero attached hydrogens (tertiary/aromatic N) is 2. The fraction of sp³-hybridized carbons (Fsp3) is 0.360. The van der Waals surface area contributed by atoms with Crippen LogP contribution in [-0.4, -0.2) is 60.9 Å². The van der Waals surface area contributed by atoms with Crippen molar-refractivity contribution in [1.82, 2.24) is 9.80 Å². The van der Waals surface area contributed by atoms with E-state index in [4.69, 9.17) is 4.74 Å². The summed E-state index contributed by atoms with van der Waals surface area (Å²) in [4.78, 5) is 29.7. The number of hydrogen-bond donors (Lipinski definition) is 1. The number of rotatable bonds is 8. The second kappa shape index (κ2) is 10.3. The van der Waals surface area contributed by atoms with Gasteiger partial charge < -0.3 is 19.6 Å². The summed E-state index contributed by atoms with van der Waals surface area (Å²) in [5.74, 6) is -0.824. The Hall–Kier alpha value is -2.64. The van der Waals surface area contributed by atoms with Gasteiger partial charge in [-0.15, -0.1) is 0 Å².